The van der Waals surface area contributed by atoms with Crippen molar-refractivity contribution >= 4 is 23.9 Å². The number of rotatable bonds is 8. The fourth-order valence-corrected chi connectivity index (χ4v) is 2.54. The third-order valence-electron chi connectivity index (χ3n) is 4.12. The molecule has 11 nitrogen and oxygen atoms in total. The predicted molar refractivity (Wildman–Crippen MR) is 103 cm³/mol. The number of esters is 4. The highest BCUT2D eigenvalue weighted by atomic mass is 16.6. The van der Waals surface area contributed by atoms with Gasteiger partial charge in [0.25, 0.3) is 0 Å². The van der Waals surface area contributed by atoms with E-state index in [1.54, 1.807) is 0 Å². The first kappa shape index (κ1) is 22.3. The van der Waals surface area contributed by atoms with Crippen LogP contribution in [0.3, 0.4) is 0 Å². The van der Waals surface area contributed by atoms with Gasteiger partial charge in [0, 0.05) is 11.1 Å². The van der Waals surface area contributed by atoms with Gasteiger partial charge in [0.05, 0.1) is 26.7 Å². The third kappa shape index (κ3) is 5.01. The third-order valence-corrected chi connectivity index (χ3v) is 4.12. The molecular weight excluding hydrogens is 426 g/mol. The lowest BCUT2D eigenvalue weighted by Gasteiger charge is -2.07. The van der Waals surface area contributed by atoms with Crippen LogP contribution in [0.5, 0.6) is 0 Å². The van der Waals surface area contributed by atoms with E-state index >= 15 is 0 Å². The first-order chi connectivity index (χ1) is 15.4. The molecular formula is C21H17NO10. The van der Waals surface area contributed by atoms with Gasteiger partial charge in [-0.05, 0) is 24.3 Å². The molecule has 3 aromatic rings. The van der Waals surface area contributed by atoms with E-state index < -0.39 is 23.9 Å². The molecule has 0 N–H and O–H groups in total. The molecule has 3 heterocycles. The zero-order chi connectivity index (χ0) is 23.1. The van der Waals surface area contributed by atoms with Crippen LogP contribution in [0.25, 0.3) is 0 Å². The monoisotopic (exact) mass is 443 g/mol. The molecule has 3 rings (SSSR count). The lowest BCUT2D eigenvalue weighted by atomic mass is 10.2. The van der Waals surface area contributed by atoms with Gasteiger partial charge in [-0.1, -0.05) is 6.07 Å². The van der Waals surface area contributed by atoms with Crippen LogP contribution in [0.2, 0.25) is 0 Å². The van der Waals surface area contributed by atoms with Gasteiger partial charge in [-0.15, -0.1) is 0 Å². The average Bonchev–Trinajstić information content (AvgIpc) is 3.49. The summed E-state index contributed by atoms with van der Waals surface area (Å²) in [7, 11) is 2.38. The SMILES string of the molecule is COC(=O)c1occc1COC(=O)c1cccc(C(=O)OCc2ccoc2C(=O)OC)n1. The van der Waals surface area contributed by atoms with E-state index in [-0.39, 0.29) is 36.1 Å². The summed E-state index contributed by atoms with van der Waals surface area (Å²) < 4.78 is 29.4. The maximum atomic E-state index is 12.3. The summed E-state index contributed by atoms with van der Waals surface area (Å²) in [6.07, 6.45) is 2.52. The Labute approximate surface area is 180 Å². The second kappa shape index (κ2) is 10.1. The number of ether oxygens (including phenoxy) is 4. The molecule has 166 valence electrons. The first-order valence-electron chi connectivity index (χ1n) is 9.05. The number of hydrogen-bond donors (Lipinski definition) is 0. The summed E-state index contributed by atoms with van der Waals surface area (Å²) >= 11 is 0. The number of carbonyl (C=O) groups is 4. The van der Waals surface area contributed by atoms with E-state index in [0.717, 1.165) is 0 Å². The van der Waals surface area contributed by atoms with Crippen LogP contribution < -0.4 is 0 Å². The molecule has 0 amide bonds. The smallest absolute Gasteiger partial charge is 0.374 e. The van der Waals surface area contributed by atoms with Crippen molar-refractivity contribution in [2.24, 2.45) is 0 Å². The Morgan fingerprint density at radius 2 is 1.16 bits per heavy atom. The van der Waals surface area contributed by atoms with Crippen molar-refractivity contribution in [1.82, 2.24) is 4.98 Å². The highest BCUT2D eigenvalue weighted by molar-refractivity contribution is 5.92. The Morgan fingerprint density at radius 1 is 0.719 bits per heavy atom. The molecule has 0 aliphatic carbocycles. The van der Waals surface area contributed by atoms with Gasteiger partial charge in [-0.3, -0.25) is 0 Å². The fourth-order valence-electron chi connectivity index (χ4n) is 2.54. The number of pyridine rings is 1. The van der Waals surface area contributed by atoms with Gasteiger partial charge >= 0.3 is 23.9 Å². The molecule has 11 heteroatoms. The normalized spacial score (nSPS) is 10.3. The van der Waals surface area contributed by atoms with Crippen LogP contribution in [0.4, 0.5) is 0 Å². The molecule has 3 aromatic heterocycles. The van der Waals surface area contributed by atoms with Crippen LogP contribution in [0.15, 0.2) is 51.7 Å². The molecule has 0 unspecified atom stereocenters. The summed E-state index contributed by atoms with van der Waals surface area (Å²) in [4.78, 5) is 51.8. The van der Waals surface area contributed by atoms with Gasteiger partial charge in [0.2, 0.25) is 11.5 Å². The zero-order valence-corrected chi connectivity index (χ0v) is 17.0. The van der Waals surface area contributed by atoms with Crippen LogP contribution in [0, 0.1) is 0 Å². The van der Waals surface area contributed by atoms with Crippen LogP contribution >= 0.6 is 0 Å². The van der Waals surface area contributed by atoms with Gasteiger partial charge < -0.3 is 27.8 Å². The predicted octanol–water partition coefficient (Wildman–Crippen LogP) is 2.55. The number of nitrogens with zero attached hydrogens (tertiary/aromatic N) is 1. The highest BCUT2D eigenvalue weighted by Crippen LogP contribution is 2.16. The average molecular weight is 443 g/mol. The Balaban J connectivity index is 1.62. The van der Waals surface area contributed by atoms with Crippen molar-refractivity contribution in [2.45, 2.75) is 13.2 Å². The van der Waals surface area contributed by atoms with Crippen molar-refractivity contribution < 1.29 is 47.0 Å². The molecule has 0 spiro atoms. The number of hydrogen-bond acceptors (Lipinski definition) is 11. The highest BCUT2D eigenvalue weighted by Gasteiger charge is 2.20. The Morgan fingerprint density at radius 3 is 1.56 bits per heavy atom. The molecule has 0 saturated heterocycles. The number of methoxy groups -OCH3 is 2. The Bertz CT molecular complexity index is 1060. The molecule has 0 bridgehead atoms. The Hall–Kier alpha value is -4.41. The molecule has 32 heavy (non-hydrogen) atoms. The number of aromatic nitrogens is 1. The van der Waals surface area contributed by atoms with Crippen molar-refractivity contribution in [3.05, 3.63) is 76.9 Å². The second-order valence-electron chi connectivity index (χ2n) is 6.09. The van der Waals surface area contributed by atoms with Crippen molar-refractivity contribution in [1.29, 1.82) is 0 Å². The molecule has 0 fully saturated rings. The van der Waals surface area contributed by atoms with Crippen LogP contribution in [-0.2, 0) is 32.2 Å². The van der Waals surface area contributed by atoms with E-state index in [2.05, 4.69) is 14.5 Å². The van der Waals surface area contributed by atoms with E-state index in [1.807, 2.05) is 0 Å². The minimum atomic E-state index is -0.834. The molecule has 0 aliphatic rings. The van der Waals surface area contributed by atoms with Crippen LogP contribution in [-0.4, -0.2) is 43.1 Å². The van der Waals surface area contributed by atoms with E-state index in [0.29, 0.717) is 11.1 Å². The largest absolute Gasteiger partial charge is 0.463 e. The van der Waals surface area contributed by atoms with E-state index in [1.165, 1.54) is 57.1 Å². The van der Waals surface area contributed by atoms with E-state index in [4.69, 9.17) is 18.3 Å². The molecule has 0 radical (unpaired) electrons. The fraction of sp³-hybridized carbons (Fsp3) is 0.190. The lowest BCUT2D eigenvalue weighted by Crippen LogP contribution is -2.14. The minimum Gasteiger partial charge on any atom is -0.463 e. The number of carbonyl (C=O) groups excluding carboxylic acids is 4. The maximum Gasteiger partial charge on any atom is 0.374 e. The van der Waals surface area contributed by atoms with E-state index in [9.17, 15) is 19.2 Å². The molecule has 0 aliphatic heterocycles. The van der Waals surface area contributed by atoms with Gasteiger partial charge in [0.15, 0.2) is 0 Å². The lowest BCUT2D eigenvalue weighted by molar-refractivity contribution is 0.0435. The summed E-state index contributed by atoms with van der Waals surface area (Å²) in [6.45, 7) is -0.542. The summed E-state index contributed by atoms with van der Waals surface area (Å²) in [5.41, 5.74) is 0.312. The van der Waals surface area contributed by atoms with Gasteiger partial charge in [-0.25, -0.2) is 24.2 Å². The molecule has 0 saturated carbocycles. The maximum absolute atomic E-state index is 12.3. The minimum absolute atomic E-state index is 0.0869. The van der Waals surface area contributed by atoms with Gasteiger partial charge in [-0.2, -0.15) is 0 Å². The number of furan rings is 2. The summed E-state index contributed by atoms with van der Waals surface area (Å²) in [5.74, 6) is -3.26. The van der Waals surface area contributed by atoms with Crippen LogP contribution in [0.1, 0.15) is 53.2 Å². The molecule has 0 atom stereocenters. The second-order valence-corrected chi connectivity index (χ2v) is 6.09. The quantitative estimate of drug-likeness (QED) is 0.374. The standard InChI is InChI=1S/C21H17NO10/c1-27-20(25)16-12(6-8-29-16)10-31-18(23)14-4-3-5-15(22-14)19(24)32-11-13-7-9-30-17(13)21(26)28-2/h3-9H,10-11H2,1-2H3. The van der Waals surface area contributed by atoms with Crippen molar-refractivity contribution in [2.75, 3.05) is 14.2 Å². The summed E-state index contributed by atoms with van der Waals surface area (Å²) in [6, 6.07) is 7.04. The zero-order valence-electron chi connectivity index (χ0n) is 17.0. The van der Waals surface area contributed by atoms with Crippen molar-refractivity contribution in [3.63, 3.8) is 0 Å². The topological polar surface area (TPSA) is 144 Å². The van der Waals surface area contributed by atoms with Gasteiger partial charge in [0.1, 0.15) is 24.6 Å². The molecule has 0 aromatic carbocycles. The van der Waals surface area contributed by atoms with Crippen molar-refractivity contribution in [3.8, 4) is 0 Å². The summed E-state index contributed by atoms with van der Waals surface area (Å²) in [5, 5.41) is 0. The first-order valence-corrected chi connectivity index (χ1v) is 9.05. The Kier molecular flexibility index (Phi) is 7.01.